The lowest BCUT2D eigenvalue weighted by atomic mass is 9.98. The number of nitrogens with zero attached hydrogens (tertiary/aromatic N) is 1. The largest absolute Gasteiger partial charge is 0.497 e. The van der Waals surface area contributed by atoms with E-state index in [2.05, 4.69) is 4.90 Å². The van der Waals surface area contributed by atoms with Gasteiger partial charge in [-0.1, -0.05) is 13.3 Å². The van der Waals surface area contributed by atoms with Crippen LogP contribution in [0.3, 0.4) is 0 Å². The van der Waals surface area contributed by atoms with Gasteiger partial charge in [-0.3, -0.25) is 4.79 Å². The van der Waals surface area contributed by atoms with Gasteiger partial charge < -0.3 is 9.64 Å². The van der Waals surface area contributed by atoms with Crippen LogP contribution in [-0.4, -0.2) is 37.4 Å². The molecule has 2 rings (SSSR count). The van der Waals surface area contributed by atoms with E-state index in [0.717, 1.165) is 30.9 Å². The Balaban J connectivity index is 1.93. The number of likely N-dealkylation sites (tertiary alicyclic amines) is 1. The van der Waals surface area contributed by atoms with Gasteiger partial charge in [0.1, 0.15) is 5.75 Å². The molecule has 0 saturated carbocycles. The number of ketones is 1. The van der Waals surface area contributed by atoms with Crippen LogP contribution in [0.1, 0.15) is 36.5 Å². The number of hydrogen-bond donors (Lipinski definition) is 0. The van der Waals surface area contributed by atoms with Crippen molar-refractivity contribution in [3.63, 3.8) is 0 Å². The van der Waals surface area contributed by atoms with E-state index in [4.69, 9.17) is 4.74 Å². The molecule has 0 radical (unpaired) electrons. The predicted octanol–water partition coefficient (Wildman–Crippen LogP) is 3.00. The average Bonchev–Trinajstić information content (AvgIpc) is 2.47. The molecule has 1 aromatic carbocycles. The molecule has 1 aromatic rings. The van der Waals surface area contributed by atoms with Gasteiger partial charge in [0, 0.05) is 18.0 Å². The molecule has 0 spiro atoms. The molecule has 0 aromatic heterocycles. The second kappa shape index (κ2) is 6.71. The average molecular weight is 261 g/mol. The molecule has 0 aliphatic carbocycles. The lowest BCUT2D eigenvalue weighted by molar-refractivity contribution is 0.0883. The smallest absolute Gasteiger partial charge is 0.166 e. The van der Waals surface area contributed by atoms with Gasteiger partial charge in [0.2, 0.25) is 0 Å². The summed E-state index contributed by atoms with van der Waals surface area (Å²) in [7, 11) is 1.63. The van der Waals surface area contributed by atoms with Crippen molar-refractivity contribution in [2.45, 2.75) is 26.2 Å². The zero-order valence-corrected chi connectivity index (χ0v) is 11.9. The molecule has 3 nitrogen and oxygen atoms in total. The van der Waals surface area contributed by atoms with E-state index in [1.165, 1.54) is 19.3 Å². The molecular weight excluding hydrogens is 238 g/mol. The minimum Gasteiger partial charge on any atom is -0.497 e. The molecule has 3 heteroatoms. The van der Waals surface area contributed by atoms with Crippen LogP contribution in [0.5, 0.6) is 5.75 Å². The molecule has 1 fully saturated rings. The highest BCUT2D eigenvalue weighted by molar-refractivity contribution is 5.97. The first-order valence-electron chi connectivity index (χ1n) is 7.11. The third-order valence-corrected chi connectivity index (χ3v) is 3.80. The van der Waals surface area contributed by atoms with E-state index >= 15 is 0 Å². The Labute approximate surface area is 115 Å². The summed E-state index contributed by atoms with van der Waals surface area (Å²) in [5, 5.41) is 0. The third kappa shape index (κ3) is 3.80. The number of ether oxygens (including phenoxy) is 1. The van der Waals surface area contributed by atoms with Gasteiger partial charge in [-0.15, -0.1) is 0 Å². The number of rotatable bonds is 5. The van der Waals surface area contributed by atoms with Crippen molar-refractivity contribution >= 4 is 5.78 Å². The summed E-state index contributed by atoms with van der Waals surface area (Å²) >= 11 is 0. The number of carbonyl (C=O) groups is 1. The second-order valence-corrected chi connectivity index (χ2v) is 5.36. The third-order valence-electron chi connectivity index (χ3n) is 3.80. The number of carbonyl (C=O) groups excluding carboxylic acids is 1. The van der Waals surface area contributed by atoms with Crippen LogP contribution >= 0.6 is 0 Å². The highest BCUT2D eigenvalue weighted by atomic mass is 16.5. The zero-order chi connectivity index (χ0) is 13.7. The summed E-state index contributed by atoms with van der Waals surface area (Å²) in [6.07, 6.45) is 3.87. The van der Waals surface area contributed by atoms with Crippen molar-refractivity contribution in [3.05, 3.63) is 29.8 Å². The van der Waals surface area contributed by atoms with E-state index in [0.29, 0.717) is 0 Å². The van der Waals surface area contributed by atoms with Crippen LogP contribution in [-0.2, 0) is 0 Å². The van der Waals surface area contributed by atoms with Gasteiger partial charge in [-0.2, -0.15) is 0 Å². The van der Waals surface area contributed by atoms with Crippen LogP contribution < -0.4 is 4.74 Å². The van der Waals surface area contributed by atoms with Gasteiger partial charge in [0.15, 0.2) is 5.78 Å². The molecule has 19 heavy (non-hydrogen) atoms. The van der Waals surface area contributed by atoms with Gasteiger partial charge in [0.25, 0.3) is 0 Å². The fourth-order valence-corrected chi connectivity index (χ4v) is 2.65. The van der Waals surface area contributed by atoms with Gasteiger partial charge >= 0.3 is 0 Å². The Morgan fingerprint density at radius 1 is 1.21 bits per heavy atom. The molecule has 1 aliphatic heterocycles. The van der Waals surface area contributed by atoms with Crippen molar-refractivity contribution in [1.29, 1.82) is 0 Å². The second-order valence-electron chi connectivity index (χ2n) is 5.36. The van der Waals surface area contributed by atoms with Crippen molar-refractivity contribution < 1.29 is 9.53 Å². The van der Waals surface area contributed by atoms with Crippen molar-refractivity contribution in [1.82, 2.24) is 4.90 Å². The maximum Gasteiger partial charge on any atom is 0.166 e. The number of benzene rings is 1. The van der Waals surface area contributed by atoms with E-state index in [1.54, 1.807) is 7.11 Å². The highest BCUT2D eigenvalue weighted by Gasteiger charge is 2.19. The standard InChI is InChI=1S/C16H23NO2/c1-13(12-17-10-4-3-5-11-17)16(18)14-6-8-15(19-2)9-7-14/h6-9,13H,3-5,10-12H2,1-2H3/t13-/m1/s1. The Morgan fingerprint density at radius 3 is 2.42 bits per heavy atom. The Kier molecular flexibility index (Phi) is 4.97. The summed E-state index contributed by atoms with van der Waals surface area (Å²) in [5.41, 5.74) is 0.783. The summed E-state index contributed by atoms with van der Waals surface area (Å²) in [6.45, 7) is 5.19. The van der Waals surface area contributed by atoms with Crippen LogP contribution in [0, 0.1) is 5.92 Å². The maximum atomic E-state index is 12.4. The first-order chi connectivity index (χ1) is 9.20. The summed E-state index contributed by atoms with van der Waals surface area (Å²) in [5.74, 6) is 1.08. The summed E-state index contributed by atoms with van der Waals surface area (Å²) < 4.78 is 5.11. The minimum absolute atomic E-state index is 0.0616. The van der Waals surface area contributed by atoms with Gasteiger partial charge in [-0.25, -0.2) is 0 Å². The first kappa shape index (κ1) is 14.1. The lowest BCUT2D eigenvalue weighted by Crippen LogP contribution is -2.35. The monoisotopic (exact) mass is 261 g/mol. The van der Waals surface area contributed by atoms with Gasteiger partial charge in [0.05, 0.1) is 7.11 Å². The van der Waals surface area contributed by atoms with E-state index in [1.807, 2.05) is 31.2 Å². The molecule has 1 aliphatic rings. The number of hydrogen-bond acceptors (Lipinski definition) is 3. The summed E-state index contributed by atoms with van der Waals surface area (Å²) in [4.78, 5) is 14.8. The van der Waals surface area contributed by atoms with Crippen LogP contribution in [0.4, 0.5) is 0 Å². The molecule has 104 valence electrons. The van der Waals surface area contributed by atoms with E-state index < -0.39 is 0 Å². The molecule has 1 atom stereocenters. The van der Waals surface area contributed by atoms with Crippen LogP contribution in [0.25, 0.3) is 0 Å². The van der Waals surface area contributed by atoms with Crippen molar-refractivity contribution in [3.8, 4) is 5.75 Å². The molecule has 0 bridgehead atoms. The lowest BCUT2D eigenvalue weighted by Gasteiger charge is -2.28. The molecular formula is C16H23NO2. The normalized spacial score (nSPS) is 18.0. The number of Topliss-reactive ketones (excluding diaryl/α,β-unsaturated/α-hetero) is 1. The fourth-order valence-electron chi connectivity index (χ4n) is 2.65. The quantitative estimate of drug-likeness (QED) is 0.763. The van der Waals surface area contributed by atoms with E-state index in [-0.39, 0.29) is 11.7 Å². The number of methoxy groups -OCH3 is 1. The first-order valence-corrected chi connectivity index (χ1v) is 7.11. The van der Waals surface area contributed by atoms with Crippen molar-refractivity contribution in [2.75, 3.05) is 26.7 Å². The summed E-state index contributed by atoms with van der Waals surface area (Å²) in [6, 6.07) is 7.41. The highest BCUT2D eigenvalue weighted by Crippen LogP contribution is 2.17. The van der Waals surface area contributed by atoms with Crippen LogP contribution in [0.2, 0.25) is 0 Å². The molecule has 1 heterocycles. The van der Waals surface area contributed by atoms with Crippen molar-refractivity contribution in [2.24, 2.45) is 5.92 Å². The van der Waals surface area contributed by atoms with E-state index in [9.17, 15) is 4.79 Å². The van der Waals surface area contributed by atoms with Gasteiger partial charge in [-0.05, 0) is 50.2 Å². The number of piperidine rings is 1. The predicted molar refractivity (Wildman–Crippen MR) is 76.8 cm³/mol. The molecule has 0 N–H and O–H groups in total. The molecule has 1 saturated heterocycles. The zero-order valence-electron chi connectivity index (χ0n) is 11.9. The minimum atomic E-state index is 0.0616. The Morgan fingerprint density at radius 2 is 1.84 bits per heavy atom. The maximum absolute atomic E-state index is 12.4. The molecule has 0 amide bonds. The van der Waals surface area contributed by atoms with Crippen LogP contribution in [0.15, 0.2) is 24.3 Å². The Bertz CT molecular complexity index is 407. The molecule has 0 unspecified atom stereocenters. The Hall–Kier alpha value is -1.35. The topological polar surface area (TPSA) is 29.5 Å². The fraction of sp³-hybridized carbons (Fsp3) is 0.562. The SMILES string of the molecule is COc1ccc(C(=O)[C@H](C)CN2CCCCC2)cc1.